The number of hydrogen-bond donors (Lipinski definition) is 2. The monoisotopic (exact) mass is 211 g/mol. The van der Waals surface area contributed by atoms with Gasteiger partial charge in [0.15, 0.2) is 11.7 Å². The van der Waals surface area contributed by atoms with Crippen LogP contribution in [0.2, 0.25) is 0 Å². The highest BCUT2D eigenvalue weighted by Gasteiger charge is 2.41. The maximum atomic E-state index is 7.43. The maximum Gasteiger partial charge on any atom is 0.232 e. The van der Waals surface area contributed by atoms with E-state index in [-0.39, 0.29) is 5.84 Å². The summed E-state index contributed by atoms with van der Waals surface area (Å²) in [5.74, 6) is 0.737. The van der Waals surface area contributed by atoms with Crippen LogP contribution in [0.5, 0.6) is 0 Å². The molecule has 0 aliphatic carbocycles. The van der Waals surface area contributed by atoms with E-state index in [2.05, 4.69) is 36.2 Å². The van der Waals surface area contributed by atoms with Gasteiger partial charge in [0.25, 0.3) is 0 Å². The minimum Gasteiger partial charge on any atom is -0.332 e. The first-order chi connectivity index (χ1) is 5.23. The highest BCUT2D eigenvalue weighted by atomic mass is 76.9. The average molecular weight is 211 g/mol. The predicted octanol–water partition coefficient (Wildman–Crippen LogP) is 0.127. The van der Waals surface area contributed by atoms with E-state index in [0.717, 1.165) is 0 Å². The number of nitrogens with zero attached hydrogens (tertiary/aromatic N) is 3. The van der Waals surface area contributed by atoms with Crippen LogP contribution in [0.3, 0.4) is 0 Å². The standard InChI is InChI=1S/C5H4BrN5/c6-5-3(7)8-1-9-4(5)10-2-11-5/h1-2H,(H2,7,8,9,10,11)/i6-3. The number of alkyl halides is 1. The first-order valence-electron chi connectivity index (χ1n) is 2.92. The minimum atomic E-state index is -0.845. The zero-order valence-electron chi connectivity index (χ0n) is 5.37. The molecule has 0 radical (unpaired) electrons. The molecule has 2 rings (SSSR count). The molecule has 2 aliphatic heterocycles. The van der Waals surface area contributed by atoms with Crippen LogP contribution in [-0.2, 0) is 0 Å². The lowest BCUT2D eigenvalue weighted by Gasteiger charge is -2.18. The lowest BCUT2D eigenvalue weighted by molar-refractivity contribution is 1.05. The Morgan fingerprint density at radius 3 is 3.18 bits per heavy atom. The zero-order chi connectivity index (χ0) is 7.90. The molecular formula is C5H4BrN5. The molecule has 1 unspecified atom stereocenters. The Balaban J connectivity index is 2.52. The van der Waals surface area contributed by atoms with Gasteiger partial charge in [-0.2, -0.15) is 0 Å². The molecule has 0 fully saturated rings. The van der Waals surface area contributed by atoms with Crippen molar-refractivity contribution in [1.82, 2.24) is 5.32 Å². The molecule has 2 aliphatic rings. The van der Waals surface area contributed by atoms with Crippen molar-refractivity contribution in [3.05, 3.63) is 0 Å². The molecular weight excluding hydrogens is 207 g/mol. The quantitative estimate of drug-likeness (QED) is 0.433. The van der Waals surface area contributed by atoms with Crippen LogP contribution < -0.4 is 5.32 Å². The van der Waals surface area contributed by atoms with Gasteiger partial charge in [0.05, 0.1) is 6.34 Å². The first-order valence-corrected chi connectivity index (χ1v) is 3.72. The number of fused-ring (bicyclic) bond motifs is 1. The van der Waals surface area contributed by atoms with Crippen LogP contribution >= 0.6 is 15.9 Å². The Labute approximate surface area is 71.0 Å². The average Bonchev–Trinajstić information content (AvgIpc) is 2.34. The van der Waals surface area contributed by atoms with Crippen molar-refractivity contribution in [3.8, 4) is 0 Å². The summed E-state index contributed by atoms with van der Waals surface area (Å²) >= 11 is 3.26. The highest BCUT2D eigenvalue weighted by Crippen LogP contribution is 2.27. The second-order valence-electron chi connectivity index (χ2n) is 2.10. The van der Waals surface area contributed by atoms with E-state index in [1.807, 2.05) is 0 Å². The number of rotatable bonds is 0. The van der Waals surface area contributed by atoms with Crippen molar-refractivity contribution in [1.29, 1.82) is 5.41 Å². The zero-order valence-corrected chi connectivity index (χ0v) is 6.96. The third-order valence-electron chi connectivity index (χ3n) is 1.44. The summed E-state index contributed by atoms with van der Waals surface area (Å²) in [5, 5.41) is 10.2. The highest BCUT2D eigenvalue weighted by molar-refractivity contribution is 9.10. The summed E-state index contributed by atoms with van der Waals surface area (Å²) in [7, 11) is 0. The van der Waals surface area contributed by atoms with Gasteiger partial charge < -0.3 is 5.32 Å². The number of amidine groups is 2. The van der Waals surface area contributed by atoms with E-state index in [9.17, 15) is 0 Å². The molecule has 1 atom stereocenters. The third kappa shape index (κ3) is 0.756. The van der Waals surface area contributed by atoms with Gasteiger partial charge in [0.1, 0.15) is 6.34 Å². The summed E-state index contributed by atoms with van der Waals surface area (Å²) in [6, 6.07) is 0. The smallest absolute Gasteiger partial charge is 0.232 e. The van der Waals surface area contributed by atoms with Gasteiger partial charge in [-0.1, -0.05) is 0 Å². The van der Waals surface area contributed by atoms with Crippen LogP contribution in [-0.4, -0.2) is 28.8 Å². The van der Waals surface area contributed by atoms with E-state index in [1.165, 1.54) is 12.7 Å². The van der Waals surface area contributed by atoms with Crippen LogP contribution in [0.25, 0.3) is 0 Å². The largest absolute Gasteiger partial charge is 0.332 e. The summed E-state index contributed by atoms with van der Waals surface area (Å²) in [6.07, 6.45) is 2.83. The van der Waals surface area contributed by atoms with Gasteiger partial charge in [0.2, 0.25) is 4.45 Å². The molecule has 0 aromatic rings. The lowest BCUT2D eigenvalue weighted by Crippen LogP contribution is -2.41. The molecule has 0 saturated carbocycles. The normalized spacial score (nSPS) is 33.2. The molecule has 0 bridgehead atoms. The van der Waals surface area contributed by atoms with Crippen molar-refractivity contribution in [2.45, 2.75) is 4.45 Å². The molecule has 0 spiro atoms. The fraction of sp³-hybridized carbons (Fsp3) is 0.200. The molecule has 5 nitrogen and oxygen atoms in total. The minimum absolute atomic E-state index is 0.142. The predicted molar refractivity (Wildman–Crippen MR) is 46.9 cm³/mol. The molecule has 0 aromatic carbocycles. The van der Waals surface area contributed by atoms with E-state index >= 15 is 0 Å². The molecule has 0 amide bonds. The Hall–Kier alpha value is -1.04. The second kappa shape index (κ2) is 1.97. The number of aliphatic imine (C=N–C) groups is 3. The molecule has 0 aromatic heterocycles. The molecule has 56 valence electrons. The number of nitrogens with one attached hydrogen (secondary N) is 2. The molecule has 6 heteroatoms. The van der Waals surface area contributed by atoms with Crippen LogP contribution in [0.15, 0.2) is 15.0 Å². The third-order valence-corrected chi connectivity index (χ3v) is 2.40. The molecule has 2 N–H and O–H groups in total. The Bertz CT molecular complexity index is 304. The summed E-state index contributed by atoms with van der Waals surface area (Å²) in [6.45, 7) is 0. The lowest BCUT2D eigenvalue weighted by atomic mass is 10.2. The Morgan fingerprint density at radius 1 is 1.64 bits per heavy atom. The summed E-state index contributed by atoms with van der Waals surface area (Å²) in [5.41, 5.74) is 0. The molecule has 0 saturated heterocycles. The van der Waals surface area contributed by atoms with Gasteiger partial charge in [-0.25, -0.2) is 15.0 Å². The van der Waals surface area contributed by atoms with E-state index in [1.54, 1.807) is 0 Å². The van der Waals surface area contributed by atoms with Crippen molar-refractivity contribution in [2.24, 2.45) is 15.0 Å². The van der Waals surface area contributed by atoms with Gasteiger partial charge in [-0.3, -0.25) is 5.41 Å². The van der Waals surface area contributed by atoms with Crippen molar-refractivity contribution in [3.63, 3.8) is 0 Å². The fourth-order valence-corrected chi connectivity index (χ4v) is 1.29. The van der Waals surface area contributed by atoms with Crippen molar-refractivity contribution in [2.75, 3.05) is 0 Å². The van der Waals surface area contributed by atoms with Gasteiger partial charge >= 0.3 is 0 Å². The topological polar surface area (TPSA) is 73.0 Å². The Morgan fingerprint density at radius 2 is 2.45 bits per heavy atom. The van der Waals surface area contributed by atoms with Gasteiger partial charge in [-0.05, 0) is 15.9 Å². The van der Waals surface area contributed by atoms with Crippen molar-refractivity contribution < 1.29 is 0 Å². The molecule has 11 heavy (non-hydrogen) atoms. The van der Waals surface area contributed by atoms with Crippen LogP contribution in [0, 0.1) is 5.41 Å². The first kappa shape index (κ1) is 6.66. The van der Waals surface area contributed by atoms with Gasteiger partial charge in [-0.15, -0.1) is 0 Å². The van der Waals surface area contributed by atoms with E-state index < -0.39 is 4.45 Å². The van der Waals surface area contributed by atoms with Crippen LogP contribution in [0.1, 0.15) is 0 Å². The number of halogens is 1. The fourth-order valence-electron chi connectivity index (χ4n) is 0.865. The Kier molecular flexibility index (Phi) is 1.19. The number of hydrogen-bond acceptors (Lipinski definition) is 4. The maximum absolute atomic E-state index is 7.43. The van der Waals surface area contributed by atoms with Crippen molar-refractivity contribution >= 4 is 40.3 Å². The van der Waals surface area contributed by atoms with Crippen LogP contribution in [0.4, 0.5) is 0 Å². The summed E-state index contributed by atoms with van der Waals surface area (Å²) in [4.78, 5) is 11.6. The second-order valence-corrected chi connectivity index (χ2v) is 3.24. The van der Waals surface area contributed by atoms with E-state index in [4.69, 9.17) is 5.41 Å². The summed E-state index contributed by atoms with van der Waals surface area (Å²) < 4.78 is -0.845. The SMILES string of the molecule is N=C1N=CN=C2NC=NC12[77Br]. The van der Waals surface area contributed by atoms with Gasteiger partial charge in [0, 0.05) is 0 Å². The molecule has 2 heterocycles. The van der Waals surface area contributed by atoms with E-state index in [0.29, 0.717) is 5.84 Å².